The number of hydrogen-bond donors (Lipinski definition) is 0. The number of benzene rings is 1. The van der Waals surface area contributed by atoms with Gasteiger partial charge in [0.1, 0.15) is 5.84 Å². The Labute approximate surface area is 161 Å². The first-order valence-electron chi connectivity index (χ1n) is 10.3. The fourth-order valence-corrected chi connectivity index (χ4v) is 6.45. The predicted molar refractivity (Wildman–Crippen MR) is 106 cm³/mol. The van der Waals surface area contributed by atoms with Crippen LogP contribution in [0.3, 0.4) is 0 Å². The van der Waals surface area contributed by atoms with Crippen LogP contribution in [0.25, 0.3) is 0 Å². The molecule has 6 unspecified atom stereocenters. The van der Waals surface area contributed by atoms with Crippen molar-refractivity contribution in [2.45, 2.75) is 69.6 Å². The summed E-state index contributed by atoms with van der Waals surface area (Å²) in [5.74, 6) is 3.48. The van der Waals surface area contributed by atoms with Gasteiger partial charge in [0.2, 0.25) is 0 Å². The highest BCUT2D eigenvalue weighted by atomic mass is 35.5. The molecule has 2 bridgehead atoms. The molecule has 5 rings (SSSR count). The molecule has 3 nitrogen and oxygen atoms in total. The summed E-state index contributed by atoms with van der Waals surface area (Å²) in [7, 11) is 0. The van der Waals surface area contributed by atoms with Gasteiger partial charge in [0, 0.05) is 23.9 Å². The van der Waals surface area contributed by atoms with Gasteiger partial charge in [0.05, 0.1) is 24.3 Å². The maximum atomic E-state index is 6.16. The first kappa shape index (κ1) is 17.1. The lowest BCUT2D eigenvalue weighted by Gasteiger charge is -2.40. The zero-order chi connectivity index (χ0) is 17.9. The van der Waals surface area contributed by atoms with E-state index in [1.807, 2.05) is 0 Å². The van der Waals surface area contributed by atoms with Gasteiger partial charge < -0.3 is 9.64 Å². The van der Waals surface area contributed by atoms with Crippen molar-refractivity contribution < 1.29 is 4.74 Å². The van der Waals surface area contributed by atoms with Crippen molar-refractivity contribution in [1.82, 2.24) is 4.90 Å². The Bertz CT molecular complexity index is 717. The first-order chi connectivity index (χ1) is 12.6. The molecule has 0 aromatic heterocycles. The molecule has 4 heteroatoms. The van der Waals surface area contributed by atoms with Crippen LogP contribution < -0.4 is 0 Å². The fraction of sp³-hybridized carbons (Fsp3) is 0.682. The second-order valence-corrected chi connectivity index (χ2v) is 9.40. The predicted octanol–water partition coefficient (Wildman–Crippen LogP) is 4.89. The normalized spacial score (nSPS) is 41.9. The quantitative estimate of drug-likeness (QED) is 0.700. The average molecular weight is 373 g/mol. The van der Waals surface area contributed by atoms with Gasteiger partial charge in [-0.1, -0.05) is 23.7 Å². The summed E-state index contributed by atoms with van der Waals surface area (Å²) in [6.45, 7) is 6.25. The number of ether oxygens (including phenoxy) is 1. The smallest absolute Gasteiger partial charge is 0.100 e. The fourth-order valence-electron chi connectivity index (χ4n) is 6.32. The Kier molecular flexibility index (Phi) is 4.09. The minimum absolute atomic E-state index is 0.132. The van der Waals surface area contributed by atoms with Gasteiger partial charge in [-0.05, 0) is 69.1 Å². The minimum atomic E-state index is 0.132. The summed E-state index contributed by atoms with van der Waals surface area (Å²) in [6.07, 6.45) is 6.74. The maximum absolute atomic E-state index is 6.16. The number of morpholine rings is 1. The van der Waals surface area contributed by atoms with E-state index in [1.54, 1.807) is 0 Å². The molecule has 2 aliphatic heterocycles. The molecular weight excluding hydrogens is 344 g/mol. The van der Waals surface area contributed by atoms with Crippen LogP contribution in [0.2, 0.25) is 5.02 Å². The van der Waals surface area contributed by atoms with Crippen molar-refractivity contribution in [2.75, 3.05) is 13.2 Å². The summed E-state index contributed by atoms with van der Waals surface area (Å²) in [4.78, 5) is 8.08. The van der Waals surface area contributed by atoms with Crippen molar-refractivity contribution in [3.63, 3.8) is 0 Å². The van der Waals surface area contributed by atoms with E-state index in [4.69, 9.17) is 21.3 Å². The largest absolute Gasteiger partial charge is 0.375 e. The molecule has 4 aliphatic rings. The molecular formula is C22H29ClN2O. The van der Waals surface area contributed by atoms with Crippen LogP contribution in [0.4, 0.5) is 0 Å². The summed E-state index contributed by atoms with van der Waals surface area (Å²) >= 11 is 6.16. The number of nitrogens with zero attached hydrogens (tertiary/aromatic N) is 2. The molecule has 3 fully saturated rings. The number of fused-ring (bicyclic) bond motifs is 3. The van der Waals surface area contributed by atoms with Crippen LogP contribution >= 0.6 is 11.6 Å². The molecule has 2 aliphatic carbocycles. The van der Waals surface area contributed by atoms with E-state index in [-0.39, 0.29) is 5.54 Å². The van der Waals surface area contributed by atoms with Crippen LogP contribution in [-0.4, -0.2) is 41.6 Å². The number of amidine groups is 1. The van der Waals surface area contributed by atoms with Crippen LogP contribution in [0, 0.1) is 11.8 Å². The lowest BCUT2D eigenvalue weighted by atomic mass is 9.69. The number of halogens is 1. The lowest BCUT2D eigenvalue weighted by molar-refractivity contribution is -0.0228. The summed E-state index contributed by atoms with van der Waals surface area (Å²) < 4.78 is 5.84. The molecule has 1 aromatic rings. The molecule has 26 heavy (non-hydrogen) atoms. The minimum Gasteiger partial charge on any atom is -0.375 e. The van der Waals surface area contributed by atoms with Crippen LogP contribution in [0.1, 0.15) is 57.4 Å². The monoisotopic (exact) mass is 372 g/mol. The van der Waals surface area contributed by atoms with Gasteiger partial charge in [-0.3, -0.25) is 4.99 Å². The molecule has 0 radical (unpaired) electrons. The highest BCUT2D eigenvalue weighted by Crippen LogP contribution is 2.63. The van der Waals surface area contributed by atoms with Gasteiger partial charge in [-0.15, -0.1) is 0 Å². The van der Waals surface area contributed by atoms with Crippen molar-refractivity contribution in [1.29, 1.82) is 0 Å². The molecule has 1 spiro atoms. The van der Waals surface area contributed by atoms with E-state index in [0.29, 0.717) is 18.1 Å². The third kappa shape index (κ3) is 2.54. The number of hydrogen-bond acceptors (Lipinski definition) is 3. The van der Waals surface area contributed by atoms with E-state index < -0.39 is 0 Å². The van der Waals surface area contributed by atoms with E-state index >= 15 is 0 Å². The molecule has 1 saturated heterocycles. The van der Waals surface area contributed by atoms with Gasteiger partial charge in [-0.25, -0.2) is 0 Å². The van der Waals surface area contributed by atoms with Gasteiger partial charge >= 0.3 is 0 Å². The Morgan fingerprint density at radius 3 is 2.81 bits per heavy atom. The summed E-state index contributed by atoms with van der Waals surface area (Å²) in [5.41, 5.74) is 1.59. The summed E-state index contributed by atoms with van der Waals surface area (Å²) in [5, 5.41) is 0.831. The van der Waals surface area contributed by atoms with Gasteiger partial charge in [0.15, 0.2) is 0 Å². The maximum Gasteiger partial charge on any atom is 0.100 e. The second-order valence-electron chi connectivity index (χ2n) is 8.96. The second kappa shape index (κ2) is 6.24. The van der Waals surface area contributed by atoms with E-state index in [0.717, 1.165) is 36.4 Å². The highest BCUT2D eigenvalue weighted by Gasteiger charge is 2.60. The standard InChI is InChI=1S/C22H29ClN2O/c1-14-13-26-15(2)12-25(14)20-9-10-22(24-20)18-6-3-17(11-18)21(22)16-4-7-19(23)8-5-16/h4-5,7-8,14-15,17-18,21H,3,6,9-13H2,1-2H3. The Morgan fingerprint density at radius 1 is 1.19 bits per heavy atom. The van der Waals surface area contributed by atoms with Crippen LogP contribution in [0.15, 0.2) is 29.3 Å². The number of rotatable bonds is 1. The molecule has 1 aromatic carbocycles. The third-order valence-electron chi connectivity index (χ3n) is 7.44. The van der Waals surface area contributed by atoms with Crippen molar-refractivity contribution in [3.05, 3.63) is 34.9 Å². The topological polar surface area (TPSA) is 24.8 Å². The molecule has 2 heterocycles. The van der Waals surface area contributed by atoms with Gasteiger partial charge in [-0.2, -0.15) is 0 Å². The lowest BCUT2D eigenvalue weighted by Crippen LogP contribution is -2.50. The summed E-state index contributed by atoms with van der Waals surface area (Å²) in [6, 6.07) is 9.06. The Morgan fingerprint density at radius 2 is 2.00 bits per heavy atom. The van der Waals surface area contributed by atoms with Crippen molar-refractivity contribution in [2.24, 2.45) is 16.8 Å². The highest BCUT2D eigenvalue weighted by molar-refractivity contribution is 6.30. The van der Waals surface area contributed by atoms with E-state index in [9.17, 15) is 0 Å². The molecule has 0 N–H and O–H groups in total. The average Bonchev–Trinajstić information content (AvgIpc) is 3.34. The SMILES string of the molecule is CC1CN(C2=NC3(CC2)C2CCC(C2)C3c2ccc(Cl)cc2)C(C)CO1. The van der Waals surface area contributed by atoms with Gasteiger partial charge in [0.25, 0.3) is 0 Å². The van der Waals surface area contributed by atoms with Crippen LogP contribution in [0.5, 0.6) is 0 Å². The van der Waals surface area contributed by atoms with Crippen molar-refractivity contribution in [3.8, 4) is 0 Å². The Balaban J connectivity index is 1.50. The number of aliphatic imine (C=N–C) groups is 1. The molecule has 140 valence electrons. The third-order valence-corrected chi connectivity index (χ3v) is 7.70. The van der Waals surface area contributed by atoms with Crippen LogP contribution in [-0.2, 0) is 4.74 Å². The molecule has 6 atom stereocenters. The molecule has 2 saturated carbocycles. The Hall–Kier alpha value is -1.06. The van der Waals surface area contributed by atoms with Crippen molar-refractivity contribution >= 4 is 17.4 Å². The van der Waals surface area contributed by atoms with E-state index in [1.165, 1.54) is 37.1 Å². The molecule has 0 amide bonds. The first-order valence-corrected chi connectivity index (χ1v) is 10.7. The van der Waals surface area contributed by atoms with E-state index in [2.05, 4.69) is 43.0 Å². The zero-order valence-electron chi connectivity index (χ0n) is 15.8. The zero-order valence-corrected chi connectivity index (χ0v) is 16.6.